The van der Waals surface area contributed by atoms with Crippen molar-refractivity contribution in [2.75, 3.05) is 0 Å². The Morgan fingerprint density at radius 2 is 1.52 bits per heavy atom. The molecule has 0 bridgehead atoms. The van der Waals surface area contributed by atoms with E-state index in [0.717, 1.165) is 51.4 Å². The summed E-state index contributed by atoms with van der Waals surface area (Å²) in [6.45, 7) is 6.63. The van der Waals surface area contributed by atoms with Crippen molar-refractivity contribution in [2.45, 2.75) is 104 Å². The predicted molar refractivity (Wildman–Crippen MR) is 100 cm³/mol. The van der Waals surface area contributed by atoms with Gasteiger partial charge in [0.15, 0.2) is 0 Å². The summed E-state index contributed by atoms with van der Waals surface area (Å²) in [5.41, 5.74) is 0. The van der Waals surface area contributed by atoms with Crippen molar-refractivity contribution in [1.82, 2.24) is 0 Å². The van der Waals surface area contributed by atoms with Crippen LogP contribution < -0.4 is 0 Å². The van der Waals surface area contributed by atoms with Gasteiger partial charge in [-0.3, -0.25) is 9.59 Å². The summed E-state index contributed by atoms with van der Waals surface area (Å²) in [6.07, 6.45) is 11.7. The van der Waals surface area contributed by atoms with Crippen LogP contribution in [0, 0.1) is 17.8 Å². The van der Waals surface area contributed by atoms with Gasteiger partial charge in [0.2, 0.25) is 0 Å². The van der Waals surface area contributed by atoms with Crippen LogP contribution in [-0.2, 0) is 14.3 Å². The predicted octanol–water partition coefficient (Wildman–Crippen LogP) is 5.59. The number of aliphatic carboxylic acids is 1. The molecule has 0 amide bonds. The van der Waals surface area contributed by atoms with E-state index >= 15 is 0 Å². The zero-order valence-corrected chi connectivity index (χ0v) is 16.5. The molecule has 3 atom stereocenters. The van der Waals surface area contributed by atoms with Crippen LogP contribution in [0.5, 0.6) is 0 Å². The second-order valence-electron chi connectivity index (χ2n) is 8.07. The van der Waals surface area contributed by atoms with Gasteiger partial charge in [-0.15, -0.1) is 0 Å². The lowest BCUT2D eigenvalue weighted by molar-refractivity contribution is -0.164. The van der Waals surface area contributed by atoms with E-state index in [0.29, 0.717) is 18.8 Å². The third-order valence-corrected chi connectivity index (χ3v) is 5.36. The zero-order chi connectivity index (χ0) is 18.7. The molecule has 1 saturated carbocycles. The minimum absolute atomic E-state index is 0.0393. The van der Waals surface area contributed by atoms with E-state index in [-0.39, 0.29) is 12.1 Å². The van der Waals surface area contributed by atoms with Crippen LogP contribution in [0.1, 0.15) is 97.8 Å². The van der Waals surface area contributed by atoms with Crippen molar-refractivity contribution in [3.05, 3.63) is 0 Å². The molecule has 25 heavy (non-hydrogen) atoms. The second-order valence-corrected chi connectivity index (χ2v) is 8.07. The smallest absolute Gasteiger partial charge is 0.310 e. The van der Waals surface area contributed by atoms with Crippen LogP contribution in [-0.4, -0.2) is 23.1 Å². The normalized spacial score (nSPS) is 21.9. The van der Waals surface area contributed by atoms with E-state index in [1.54, 1.807) is 0 Å². The summed E-state index contributed by atoms with van der Waals surface area (Å²) in [5.74, 6) is -1.41. The minimum atomic E-state index is -0.846. The van der Waals surface area contributed by atoms with Gasteiger partial charge >= 0.3 is 11.9 Å². The van der Waals surface area contributed by atoms with Crippen LogP contribution in [0.25, 0.3) is 0 Å². The molecule has 0 saturated heterocycles. The highest BCUT2D eigenvalue weighted by Crippen LogP contribution is 2.32. The van der Waals surface area contributed by atoms with Gasteiger partial charge in [-0.2, -0.15) is 0 Å². The molecule has 1 N–H and O–H groups in total. The molecule has 1 aliphatic rings. The lowest BCUT2D eigenvalue weighted by atomic mass is 9.79. The summed E-state index contributed by atoms with van der Waals surface area (Å²) in [6, 6.07) is 0. The molecule has 1 aliphatic carbocycles. The van der Waals surface area contributed by atoms with Crippen molar-refractivity contribution >= 4 is 11.9 Å². The van der Waals surface area contributed by atoms with E-state index in [4.69, 9.17) is 4.74 Å². The molecule has 4 nitrogen and oxygen atoms in total. The molecular formula is C21H38O4. The third kappa shape index (κ3) is 8.73. The van der Waals surface area contributed by atoms with Gasteiger partial charge in [-0.1, -0.05) is 59.3 Å². The maximum atomic E-state index is 12.6. The van der Waals surface area contributed by atoms with Crippen molar-refractivity contribution in [3.63, 3.8) is 0 Å². The van der Waals surface area contributed by atoms with Gasteiger partial charge in [-0.05, 0) is 44.4 Å². The van der Waals surface area contributed by atoms with E-state index in [9.17, 15) is 14.7 Å². The number of carboxylic acids is 1. The van der Waals surface area contributed by atoms with Gasteiger partial charge in [0.1, 0.15) is 6.10 Å². The highest BCUT2D eigenvalue weighted by molar-refractivity contribution is 5.81. The molecule has 0 aliphatic heterocycles. The summed E-state index contributed by atoms with van der Waals surface area (Å²) >= 11 is 0. The molecule has 4 heteroatoms. The third-order valence-electron chi connectivity index (χ3n) is 5.36. The monoisotopic (exact) mass is 354 g/mol. The fourth-order valence-corrected chi connectivity index (χ4v) is 3.77. The number of rotatable bonds is 12. The maximum Gasteiger partial charge on any atom is 0.310 e. The maximum absolute atomic E-state index is 12.6. The first-order valence-electron chi connectivity index (χ1n) is 10.4. The van der Waals surface area contributed by atoms with Crippen LogP contribution >= 0.6 is 0 Å². The van der Waals surface area contributed by atoms with Crippen molar-refractivity contribution in [3.8, 4) is 0 Å². The zero-order valence-electron chi connectivity index (χ0n) is 16.5. The van der Waals surface area contributed by atoms with Crippen LogP contribution in [0.2, 0.25) is 0 Å². The first-order valence-corrected chi connectivity index (χ1v) is 10.4. The van der Waals surface area contributed by atoms with E-state index in [1.807, 2.05) is 0 Å². The number of carboxylic acid groups (broad SMARTS) is 1. The summed E-state index contributed by atoms with van der Waals surface area (Å²) in [4.78, 5) is 24.0. The van der Waals surface area contributed by atoms with Gasteiger partial charge in [-0.25, -0.2) is 0 Å². The highest BCUT2D eigenvalue weighted by Gasteiger charge is 2.37. The SMILES string of the molecule is CCCCCC(CCCCC(C)C)OC(=O)C1CCCCC1C(=O)O. The number of esters is 1. The molecule has 1 rings (SSSR count). The van der Waals surface area contributed by atoms with Crippen LogP contribution in [0.4, 0.5) is 0 Å². The molecule has 146 valence electrons. The number of carbonyl (C=O) groups is 2. The molecule has 0 aromatic carbocycles. The van der Waals surface area contributed by atoms with Gasteiger partial charge in [0, 0.05) is 0 Å². The number of unbranched alkanes of at least 4 members (excludes halogenated alkanes) is 3. The second kappa shape index (κ2) is 12.3. The quantitative estimate of drug-likeness (QED) is 0.367. The molecule has 0 radical (unpaired) electrons. The molecule has 0 spiro atoms. The molecule has 0 aromatic heterocycles. The molecule has 0 heterocycles. The Balaban J connectivity index is 2.54. The Morgan fingerprint density at radius 3 is 2.08 bits per heavy atom. The molecule has 3 unspecified atom stereocenters. The van der Waals surface area contributed by atoms with Crippen LogP contribution in [0.15, 0.2) is 0 Å². The Morgan fingerprint density at radius 1 is 0.960 bits per heavy atom. The Bertz CT molecular complexity index is 391. The van der Waals surface area contributed by atoms with Gasteiger partial charge < -0.3 is 9.84 Å². The lowest BCUT2D eigenvalue weighted by Gasteiger charge is -2.29. The average molecular weight is 355 g/mol. The number of carbonyl (C=O) groups excluding carboxylic acids is 1. The van der Waals surface area contributed by atoms with Crippen molar-refractivity contribution < 1.29 is 19.4 Å². The average Bonchev–Trinajstić information content (AvgIpc) is 2.58. The summed E-state index contributed by atoms with van der Waals surface area (Å²) in [5, 5.41) is 9.38. The number of hydrogen-bond donors (Lipinski definition) is 1. The minimum Gasteiger partial charge on any atom is -0.481 e. The van der Waals surface area contributed by atoms with Gasteiger partial charge in [0.25, 0.3) is 0 Å². The van der Waals surface area contributed by atoms with E-state index in [1.165, 1.54) is 12.8 Å². The molecule has 1 fully saturated rings. The highest BCUT2D eigenvalue weighted by atomic mass is 16.5. The Labute approximate surface area is 153 Å². The Hall–Kier alpha value is -1.06. The standard InChI is InChI=1S/C21H38O4/c1-4-5-6-12-17(13-8-7-11-16(2)3)25-21(24)19-15-10-9-14-18(19)20(22)23/h16-19H,4-15H2,1-3H3,(H,22,23). The fourth-order valence-electron chi connectivity index (χ4n) is 3.77. The molecular weight excluding hydrogens is 316 g/mol. The van der Waals surface area contributed by atoms with Crippen molar-refractivity contribution in [2.24, 2.45) is 17.8 Å². The topological polar surface area (TPSA) is 63.6 Å². The Kier molecular flexibility index (Phi) is 10.8. The largest absolute Gasteiger partial charge is 0.481 e. The van der Waals surface area contributed by atoms with E-state index < -0.39 is 17.8 Å². The van der Waals surface area contributed by atoms with Gasteiger partial charge in [0.05, 0.1) is 11.8 Å². The fraction of sp³-hybridized carbons (Fsp3) is 0.905. The first-order chi connectivity index (χ1) is 12.0. The number of ether oxygens (including phenoxy) is 1. The summed E-state index contributed by atoms with van der Waals surface area (Å²) in [7, 11) is 0. The van der Waals surface area contributed by atoms with Crippen molar-refractivity contribution in [1.29, 1.82) is 0 Å². The lowest BCUT2D eigenvalue weighted by Crippen LogP contribution is -2.35. The summed E-state index contributed by atoms with van der Waals surface area (Å²) < 4.78 is 5.82. The first kappa shape index (κ1) is 22.0. The van der Waals surface area contributed by atoms with E-state index in [2.05, 4.69) is 20.8 Å². The van der Waals surface area contributed by atoms with Crippen LogP contribution in [0.3, 0.4) is 0 Å². The number of hydrogen-bond acceptors (Lipinski definition) is 3. The molecule has 0 aromatic rings.